The first-order valence-electron chi connectivity index (χ1n) is 14.7. The lowest BCUT2D eigenvalue weighted by molar-refractivity contribution is -0.388. The van der Waals surface area contributed by atoms with Gasteiger partial charge in [0.05, 0.1) is 31.5 Å². The summed E-state index contributed by atoms with van der Waals surface area (Å²) in [6.07, 6.45) is -27.7. The van der Waals surface area contributed by atoms with Gasteiger partial charge < -0.3 is 89.5 Å². The molecule has 4 aliphatic rings. The summed E-state index contributed by atoms with van der Waals surface area (Å²) in [6.45, 7) is 2.51. The molecule has 0 aromatic carbocycles. The predicted molar refractivity (Wildman–Crippen MR) is 141 cm³/mol. The second kappa shape index (κ2) is 15.3. The number of carbonyl (C=O) groups excluding carboxylic acids is 1. The van der Waals surface area contributed by atoms with E-state index in [1.807, 2.05) is 0 Å². The molecule has 0 radical (unpaired) electrons. The van der Waals surface area contributed by atoms with Crippen LogP contribution in [0.25, 0.3) is 0 Å². The van der Waals surface area contributed by atoms with Crippen LogP contribution < -0.4 is 5.32 Å². The van der Waals surface area contributed by atoms with Crippen molar-refractivity contribution < 1.29 is 89.0 Å². The van der Waals surface area contributed by atoms with Gasteiger partial charge in [-0.05, 0) is 13.8 Å². The molecule has 45 heavy (non-hydrogen) atoms. The number of aliphatic hydroxyl groups is 10. The molecule has 0 aromatic rings. The summed E-state index contributed by atoms with van der Waals surface area (Å²) in [5, 5.41) is 107. The molecular formula is C26H45NO18. The maximum absolute atomic E-state index is 12.2. The zero-order chi connectivity index (χ0) is 33.3. The van der Waals surface area contributed by atoms with Gasteiger partial charge in [0.1, 0.15) is 73.2 Å². The van der Waals surface area contributed by atoms with Gasteiger partial charge in [-0.1, -0.05) is 0 Å². The minimum absolute atomic E-state index is 0.0793. The van der Waals surface area contributed by atoms with Gasteiger partial charge in [-0.3, -0.25) is 4.79 Å². The zero-order valence-electron chi connectivity index (χ0n) is 24.8. The fourth-order valence-electron chi connectivity index (χ4n) is 5.82. The van der Waals surface area contributed by atoms with Crippen molar-refractivity contribution in [2.45, 2.75) is 144 Å². The van der Waals surface area contributed by atoms with Crippen LogP contribution in [0, 0.1) is 0 Å². The van der Waals surface area contributed by atoms with Crippen LogP contribution in [0.5, 0.6) is 0 Å². The van der Waals surface area contributed by atoms with E-state index in [9.17, 15) is 55.9 Å². The van der Waals surface area contributed by atoms with E-state index in [0.29, 0.717) is 0 Å². The average molecular weight is 660 g/mol. The van der Waals surface area contributed by atoms with Crippen LogP contribution in [0.4, 0.5) is 0 Å². The van der Waals surface area contributed by atoms with Crippen LogP contribution in [0.3, 0.4) is 0 Å². The molecule has 4 heterocycles. The molecule has 19 nitrogen and oxygen atoms in total. The fraction of sp³-hybridized carbons (Fsp3) is 0.962. The number of amides is 1. The number of rotatable bonds is 9. The standard InChI is InChI=1S/C26H45NO18/c1-7-4-10(31)15(33)24(39-7)43-20-12(6-29)41-23(38)13(27-9(3)30)21(20)44-26-22(18(36)16(34)11(5-28)42-26)45-25-19(37)17(35)14(32)8(2)40-25/h7-8,10-26,28-29,31-38H,4-6H2,1-3H3,(H,27,30)/t7-,8-,10+,11+,12+,13+,14+,15-,16-,17+,18-,19-,20+,21+,22+,23?,24-,25-,26-/m0/s1. The zero-order valence-corrected chi connectivity index (χ0v) is 24.8. The summed E-state index contributed by atoms with van der Waals surface area (Å²) in [7, 11) is 0. The van der Waals surface area contributed by atoms with Gasteiger partial charge in [-0.2, -0.15) is 0 Å². The maximum atomic E-state index is 12.2. The number of hydrogen-bond acceptors (Lipinski definition) is 18. The molecule has 4 rings (SSSR count). The second-order valence-corrected chi connectivity index (χ2v) is 11.8. The summed E-state index contributed by atoms with van der Waals surface area (Å²) < 4.78 is 40.1. The number of carbonyl (C=O) groups is 1. The van der Waals surface area contributed by atoms with Crippen LogP contribution in [0.1, 0.15) is 27.2 Å². The Morgan fingerprint density at radius 1 is 0.667 bits per heavy atom. The highest BCUT2D eigenvalue weighted by Gasteiger charge is 2.55. The van der Waals surface area contributed by atoms with Gasteiger partial charge in [-0.15, -0.1) is 0 Å². The van der Waals surface area contributed by atoms with Crippen LogP contribution in [0.2, 0.25) is 0 Å². The minimum Gasteiger partial charge on any atom is -0.394 e. The van der Waals surface area contributed by atoms with Crippen molar-refractivity contribution in [2.24, 2.45) is 0 Å². The summed E-state index contributed by atoms with van der Waals surface area (Å²) >= 11 is 0. The molecule has 11 N–H and O–H groups in total. The van der Waals surface area contributed by atoms with E-state index < -0.39 is 136 Å². The van der Waals surface area contributed by atoms with Gasteiger partial charge >= 0.3 is 0 Å². The first-order chi connectivity index (χ1) is 21.2. The Morgan fingerprint density at radius 2 is 1.27 bits per heavy atom. The molecule has 1 amide bonds. The first-order valence-corrected chi connectivity index (χ1v) is 14.7. The Balaban J connectivity index is 1.68. The van der Waals surface area contributed by atoms with Gasteiger partial charge in [0.15, 0.2) is 25.2 Å². The number of aliphatic hydroxyl groups excluding tert-OH is 10. The molecule has 1 unspecified atom stereocenters. The molecule has 19 atom stereocenters. The van der Waals surface area contributed by atoms with E-state index >= 15 is 0 Å². The lowest BCUT2D eigenvalue weighted by Crippen LogP contribution is -2.69. The van der Waals surface area contributed by atoms with E-state index in [0.717, 1.165) is 6.92 Å². The molecule has 0 bridgehead atoms. The lowest BCUT2D eigenvalue weighted by Gasteiger charge is -2.50. The highest BCUT2D eigenvalue weighted by molar-refractivity contribution is 5.73. The third kappa shape index (κ3) is 7.92. The summed E-state index contributed by atoms with van der Waals surface area (Å²) in [6, 6.07) is -1.48. The lowest BCUT2D eigenvalue weighted by atomic mass is 9.94. The highest BCUT2D eigenvalue weighted by Crippen LogP contribution is 2.35. The Bertz CT molecular complexity index is 965. The SMILES string of the molecule is CC(=O)N[C@H]1C(O)O[C@H](CO)[C@@H](O[C@@H]2O[C@@H](C)C[C@@H](O)[C@@H]2O)[C@@H]1O[C@@H]1O[C@H](CO)[C@H](O)[C@H](O)[C@H]1O[C@@H]1O[C@@H](C)[C@@H](O)[C@@H](O)[C@@H]1O. The molecule has 0 saturated carbocycles. The van der Waals surface area contributed by atoms with Crippen molar-refractivity contribution >= 4 is 5.91 Å². The van der Waals surface area contributed by atoms with E-state index in [4.69, 9.17) is 33.2 Å². The molecule has 4 aliphatic heterocycles. The summed E-state index contributed by atoms with van der Waals surface area (Å²) in [5.74, 6) is -0.670. The van der Waals surface area contributed by atoms with Gasteiger partial charge in [-0.25, -0.2) is 0 Å². The normalized spacial score (nSPS) is 51.1. The van der Waals surface area contributed by atoms with Crippen LogP contribution in [0.15, 0.2) is 0 Å². The number of nitrogens with one attached hydrogen (secondary N) is 1. The van der Waals surface area contributed by atoms with E-state index in [1.165, 1.54) is 6.92 Å². The molecule has 4 fully saturated rings. The van der Waals surface area contributed by atoms with Gasteiger partial charge in [0.25, 0.3) is 0 Å². The van der Waals surface area contributed by atoms with E-state index in [2.05, 4.69) is 5.32 Å². The van der Waals surface area contributed by atoms with Gasteiger partial charge in [0.2, 0.25) is 5.91 Å². The van der Waals surface area contributed by atoms with Crippen LogP contribution in [-0.4, -0.2) is 187 Å². The molecule has 0 spiro atoms. The predicted octanol–water partition coefficient (Wildman–Crippen LogP) is -6.52. The minimum atomic E-state index is -1.90. The molecule has 262 valence electrons. The average Bonchev–Trinajstić information content (AvgIpc) is 2.98. The Morgan fingerprint density at radius 3 is 1.89 bits per heavy atom. The fourth-order valence-corrected chi connectivity index (χ4v) is 5.82. The van der Waals surface area contributed by atoms with Crippen LogP contribution in [-0.2, 0) is 38.0 Å². The Labute approximate surface area is 257 Å². The monoisotopic (exact) mass is 659 g/mol. The highest BCUT2D eigenvalue weighted by atomic mass is 16.8. The molecule has 0 aromatic heterocycles. The summed E-state index contributed by atoms with van der Waals surface area (Å²) in [5.41, 5.74) is 0. The maximum Gasteiger partial charge on any atom is 0.217 e. The Kier molecular flexibility index (Phi) is 12.5. The quantitative estimate of drug-likeness (QED) is 0.110. The number of hydrogen-bond donors (Lipinski definition) is 11. The van der Waals surface area contributed by atoms with Gasteiger partial charge in [0, 0.05) is 13.3 Å². The first kappa shape index (κ1) is 36.6. The van der Waals surface area contributed by atoms with E-state index in [-0.39, 0.29) is 6.42 Å². The van der Waals surface area contributed by atoms with Crippen molar-refractivity contribution in [3.05, 3.63) is 0 Å². The molecule has 19 heteroatoms. The third-order valence-electron chi connectivity index (χ3n) is 8.34. The van der Waals surface area contributed by atoms with Crippen molar-refractivity contribution in [1.29, 1.82) is 0 Å². The second-order valence-electron chi connectivity index (χ2n) is 11.8. The van der Waals surface area contributed by atoms with Crippen molar-refractivity contribution in [3.63, 3.8) is 0 Å². The van der Waals surface area contributed by atoms with Crippen molar-refractivity contribution in [3.8, 4) is 0 Å². The molecule has 4 saturated heterocycles. The number of ether oxygens (including phenoxy) is 7. The van der Waals surface area contributed by atoms with E-state index in [1.54, 1.807) is 6.92 Å². The van der Waals surface area contributed by atoms with Crippen molar-refractivity contribution in [1.82, 2.24) is 5.32 Å². The largest absolute Gasteiger partial charge is 0.394 e. The Hall–Kier alpha value is -1.21. The molecule has 0 aliphatic carbocycles. The molecular weight excluding hydrogens is 614 g/mol. The third-order valence-corrected chi connectivity index (χ3v) is 8.34. The van der Waals surface area contributed by atoms with Crippen molar-refractivity contribution in [2.75, 3.05) is 13.2 Å². The van der Waals surface area contributed by atoms with Crippen LogP contribution >= 0.6 is 0 Å². The topological polar surface area (TPSA) is 296 Å². The summed E-state index contributed by atoms with van der Waals surface area (Å²) in [4.78, 5) is 12.2. The smallest absolute Gasteiger partial charge is 0.217 e.